The molecule has 1 aromatic heterocycles. The summed E-state index contributed by atoms with van der Waals surface area (Å²) in [6, 6.07) is 25.2. The molecular formula is C26H23NO3. The normalized spacial score (nSPS) is 11.1. The zero-order chi connectivity index (χ0) is 20.8. The molecule has 150 valence electrons. The van der Waals surface area contributed by atoms with Gasteiger partial charge in [0.2, 0.25) is 0 Å². The second-order valence-corrected chi connectivity index (χ2v) is 6.83. The van der Waals surface area contributed by atoms with Crippen LogP contribution >= 0.6 is 0 Å². The highest BCUT2D eigenvalue weighted by atomic mass is 16.5. The topological polar surface area (TPSA) is 51.6 Å². The van der Waals surface area contributed by atoms with Crippen LogP contribution in [-0.4, -0.2) is 16.7 Å². The molecule has 0 atom stereocenters. The number of fused-ring (bicyclic) bond motifs is 1. The molecule has 1 N–H and O–H groups in total. The standard InChI is InChI=1S/C26H23NO3/c1-2-29-25-17-19(12-16-24(25)30-18-20-7-4-3-5-8-20)11-14-22-15-13-21-9-6-10-23(28)26(21)27-22/h3-17,28H,2,18H2,1H3/b14-11+. The number of benzene rings is 3. The number of phenolic OH excluding ortho intramolecular Hbond substituents is 1. The van der Waals surface area contributed by atoms with Gasteiger partial charge in [-0.3, -0.25) is 0 Å². The molecule has 4 rings (SSSR count). The van der Waals surface area contributed by atoms with Crippen molar-refractivity contribution in [1.29, 1.82) is 0 Å². The van der Waals surface area contributed by atoms with Crippen LogP contribution in [0.3, 0.4) is 0 Å². The summed E-state index contributed by atoms with van der Waals surface area (Å²) in [5, 5.41) is 10.9. The first-order valence-electron chi connectivity index (χ1n) is 9.93. The molecule has 0 spiro atoms. The summed E-state index contributed by atoms with van der Waals surface area (Å²) in [6.07, 6.45) is 3.89. The van der Waals surface area contributed by atoms with Crippen LogP contribution in [0.15, 0.2) is 78.9 Å². The van der Waals surface area contributed by atoms with Gasteiger partial charge in [-0.25, -0.2) is 4.98 Å². The van der Waals surface area contributed by atoms with E-state index in [4.69, 9.17) is 9.47 Å². The highest BCUT2D eigenvalue weighted by Crippen LogP contribution is 2.30. The molecule has 0 bridgehead atoms. The van der Waals surface area contributed by atoms with Gasteiger partial charge < -0.3 is 14.6 Å². The predicted octanol–water partition coefficient (Wildman–Crippen LogP) is 6.09. The molecule has 0 amide bonds. The number of hydrogen-bond donors (Lipinski definition) is 1. The third-order valence-corrected chi connectivity index (χ3v) is 4.67. The second-order valence-electron chi connectivity index (χ2n) is 6.83. The van der Waals surface area contributed by atoms with Crippen molar-refractivity contribution >= 4 is 23.1 Å². The minimum absolute atomic E-state index is 0.182. The smallest absolute Gasteiger partial charge is 0.161 e. The number of rotatable bonds is 7. The van der Waals surface area contributed by atoms with Gasteiger partial charge in [-0.2, -0.15) is 0 Å². The fourth-order valence-electron chi connectivity index (χ4n) is 3.17. The number of phenols is 1. The summed E-state index contributed by atoms with van der Waals surface area (Å²) < 4.78 is 11.7. The first-order chi connectivity index (χ1) is 14.7. The van der Waals surface area contributed by atoms with Gasteiger partial charge in [-0.1, -0.05) is 60.7 Å². The van der Waals surface area contributed by atoms with Crippen molar-refractivity contribution in [2.75, 3.05) is 6.61 Å². The largest absolute Gasteiger partial charge is 0.506 e. The summed E-state index contributed by atoms with van der Waals surface area (Å²) in [4.78, 5) is 4.54. The monoisotopic (exact) mass is 397 g/mol. The Bertz CT molecular complexity index is 1170. The van der Waals surface area contributed by atoms with E-state index in [1.54, 1.807) is 6.07 Å². The molecule has 0 fully saturated rings. The number of hydrogen-bond acceptors (Lipinski definition) is 4. The molecular weight excluding hydrogens is 374 g/mol. The Hall–Kier alpha value is -3.79. The van der Waals surface area contributed by atoms with Crippen molar-refractivity contribution in [2.45, 2.75) is 13.5 Å². The van der Waals surface area contributed by atoms with E-state index < -0.39 is 0 Å². The molecule has 0 saturated heterocycles. The Kier molecular flexibility index (Phi) is 5.95. The summed E-state index contributed by atoms with van der Waals surface area (Å²) >= 11 is 0. The Morgan fingerprint density at radius 2 is 1.70 bits per heavy atom. The van der Waals surface area contributed by atoms with Gasteiger partial charge in [-0.05, 0) is 48.4 Å². The summed E-state index contributed by atoms with van der Waals surface area (Å²) in [6.45, 7) is 3.00. The lowest BCUT2D eigenvalue weighted by Gasteiger charge is -2.12. The Labute approximate surface area is 176 Å². The van der Waals surface area contributed by atoms with Crippen LogP contribution in [0.2, 0.25) is 0 Å². The van der Waals surface area contributed by atoms with E-state index in [0.29, 0.717) is 30.2 Å². The molecule has 3 aromatic carbocycles. The lowest BCUT2D eigenvalue weighted by Crippen LogP contribution is -1.99. The number of nitrogens with zero attached hydrogens (tertiary/aromatic N) is 1. The lowest BCUT2D eigenvalue weighted by atomic mass is 10.1. The number of aromatic hydroxyl groups is 1. The maximum atomic E-state index is 10.0. The van der Waals surface area contributed by atoms with Crippen LogP contribution in [-0.2, 0) is 6.61 Å². The first kappa shape index (κ1) is 19.5. The molecule has 0 aliphatic carbocycles. The number of para-hydroxylation sites is 1. The molecule has 0 unspecified atom stereocenters. The minimum Gasteiger partial charge on any atom is -0.506 e. The Morgan fingerprint density at radius 3 is 2.53 bits per heavy atom. The van der Waals surface area contributed by atoms with Gasteiger partial charge >= 0.3 is 0 Å². The first-order valence-corrected chi connectivity index (χ1v) is 9.93. The van der Waals surface area contributed by atoms with Crippen molar-refractivity contribution in [3.8, 4) is 17.2 Å². The van der Waals surface area contributed by atoms with Gasteiger partial charge in [0.05, 0.1) is 12.3 Å². The fourth-order valence-corrected chi connectivity index (χ4v) is 3.17. The van der Waals surface area contributed by atoms with E-state index in [9.17, 15) is 5.11 Å². The molecule has 0 saturated carbocycles. The number of pyridine rings is 1. The quantitative estimate of drug-likeness (QED) is 0.410. The van der Waals surface area contributed by atoms with Crippen molar-refractivity contribution in [1.82, 2.24) is 4.98 Å². The predicted molar refractivity (Wildman–Crippen MR) is 121 cm³/mol. The van der Waals surface area contributed by atoms with E-state index in [0.717, 1.165) is 22.2 Å². The highest BCUT2D eigenvalue weighted by molar-refractivity contribution is 5.85. The molecule has 4 aromatic rings. The van der Waals surface area contributed by atoms with Gasteiger partial charge in [0.1, 0.15) is 17.9 Å². The SMILES string of the molecule is CCOc1cc(/C=C/c2ccc3cccc(O)c3n2)ccc1OCc1ccccc1. The second kappa shape index (κ2) is 9.14. The molecule has 30 heavy (non-hydrogen) atoms. The zero-order valence-corrected chi connectivity index (χ0v) is 16.8. The lowest BCUT2D eigenvalue weighted by molar-refractivity contribution is 0.269. The third kappa shape index (κ3) is 4.61. The van der Waals surface area contributed by atoms with E-state index in [-0.39, 0.29) is 5.75 Å². The van der Waals surface area contributed by atoms with Gasteiger partial charge in [-0.15, -0.1) is 0 Å². The van der Waals surface area contributed by atoms with Crippen LogP contribution in [0.4, 0.5) is 0 Å². The van der Waals surface area contributed by atoms with Crippen molar-refractivity contribution < 1.29 is 14.6 Å². The van der Waals surface area contributed by atoms with E-state index in [2.05, 4.69) is 4.98 Å². The number of ether oxygens (including phenoxy) is 2. The average Bonchev–Trinajstić information content (AvgIpc) is 2.78. The van der Waals surface area contributed by atoms with E-state index >= 15 is 0 Å². The molecule has 4 heteroatoms. The van der Waals surface area contributed by atoms with Crippen LogP contribution in [0.5, 0.6) is 17.2 Å². The van der Waals surface area contributed by atoms with Gasteiger partial charge in [0.15, 0.2) is 11.5 Å². The molecule has 4 nitrogen and oxygen atoms in total. The summed E-state index contributed by atoms with van der Waals surface area (Å²) in [5.41, 5.74) is 3.45. The van der Waals surface area contributed by atoms with E-state index in [1.165, 1.54) is 0 Å². The van der Waals surface area contributed by atoms with E-state index in [1.807, 2.05) is 91.9 Å². The zero-order valence-electron chi connectivity index (χ0n) is 16.8. The molecule has 0 aliphatic rings. The summed E-state index contributed by atoms with van der Waals surface area (Å²) in [7, 11) is 0. The maximum Gasteiger partial charge on any atom is 0.161 e. The molecule has 1 heterocycles. The molecule has 0 radical (unpaired) electrons. The number of aromatic nitrogens is 1. The highest BCUT2D eigenvalue weighted by Gasteiger charge is 2.07. The van der Waals surface area contributed by atoms with Crippen LogP contribution in [0, 0.1) is 0 Å². The van der Waals surface area contributed by atoms with Crippen LogP contribution < -0.4 is 9.47 Å². The Morgan fingerprint density at radius 1 is 0.833 bits per heavy atom. The van der Waals surface area contributed by atoms with Crippen LogP contribution in [0.25, 0.3) is 23.1 Å². The fraction of sp³-hybridized carbons (Fsp3) is 0.115. The van der Waals surface area contributed by atoms with Crippen molar-refractivity contribution in [3.63, 3.8) is 0 Å². The minimum atomic E-state index is 0.182. The molecule has 0 aliphatic heterocycles. The average molecular weight is 397 g/mol. The van der Waals surface area contributed by atoms with Gasteiger partial charge in [0.25, 0.3) is 0 Å². The van der Waals surface area contributed by atoms with Gasteiger partial charge in [0, 0.05) is 5.39 Å². The Balaban J connectivity index is 1.54. The third-order valence-electron chi connectivity index (χ3n) is 4.67. The summed E-state index contributed by atoms with van der Waals surface area (Å²) in [5.74, 6) is 1.60. The van der Waals surface area contributed by atoms with Crippen LogP contribution in [0.1, 0.15) is 23.7 Å². The van der Waals surface area contributed by atoms with Crippen molar-refractivity contribution in [2.24, 2.45) is 0 Å². The van der Waals surface area contributed by atoms with Crippen molar-refractivity contribution in [3.05, 3.63) is 95.7 Å². The maximum absolute atomic E-state index is 10.0.